The van der Waals surface area contributed by atoms with Crippen molar-refractivity contribution in [2.45, 2.75) is 13.5 Å². The summed E-state index contributed by atoms with van der Waals surface area (Å²) in [5.74, 6) is 0.509. The van der Waals surface area contributed by atoms with Gasteiger partial charge in [-0.25, -0.2) is 5.43 Å². The molecule has 30 heavy (non-hydrogen) atoms. The van der Waals surface area contributed by atoms with E-state index in [1.807, 2.05) is 60.7 Å². The number of hydrazone groups is 1. The maximum absolute atomic E-state index is 12.5. The van der Waals surface area contributed by atoms with Gasteiger partial charge in [-0.3, -0.25) is 4.79 Å². The summed E-state index contributed by atoms with van der Waals surface area (Å²) < 4.78 is 5.87. The summed E-state index contributed by atoms with van der Waals surface area (Å²) in [7, 11) is 0. The van der Waals surface area contributed by atoms with E-state index in [4.69, 9.17) is 4.74 Å². The van der Waals surface area contributed by atoms with Crippen LogP contribution in [-0.2, 0) is 6.61 Å². The number of benzene rings is 4. The number of hydrogen-bond acceptors (Lipinski definition) is 3. The molecule has 1 amide bonds. The highest BCUT2D eigenvalue weighted by molar-refractivity contribution is 6.07. The van der Waals surface area contributed by atoms with Crippen molar-refractivity contribution < 1.29 is 9.53 Å². The molecule has 4 aromatic carbocycles. The van der Waals surface area contributed by atoms with Crippen molar-refractivity contribution >= 4 is 22.9 Å². The molecule has 4 nitrogen and oxygen atoms in total. The number of nitrogens with zero attached hydrogens (tertiary/aromatic N) is 1. The number of amides is 1. The van der Waals surface area contributed by atoms with E-state index in [0.717, 1.165) is 27.6 Å². The molecule has 1 N–H and O–H groups in total. The average molecular weight is 394 g/mol. The van der Waals surface area contributed by atoms with E-state index in [2.05, 4.69) is 41.7 Å². The molecule has 0 radical (unpaired) electrons. The first-order chi connectivity index (χ1) is 14.7. The van der Waals surface area contributed by atoms with E-state index in [9.17, 15) is 4.79 Å². The van der Waals surface area contributed by atoms with Crippen LogP contribution in [0.3, 0.4) is 0 Å². The summed E-state index contributed by atoms with van der Waals surface area (Å²) in [4.78, 5) is 12.5. The molecule has 4 aromatic rings. The monoisotopic (exact) mass is 394 g/mol. The van der Waals surface area contributed by atoms with Crippen molar-refractivity contribution in [2.75, 3.05) is 0 Å². The lowest BCUT2D eigenvalue weighted by Gasteiger charge is -2.07. The third-order valence-corrected chi connectivity index (χ3v) is 4.80. The highest BCUT2D eigenvalue weighted by atomic mass is 16.5. The number of fused-ring (bicyclic) bond motifs is 1. The largest absolute Gasteiger partial charge is 0.489 e. The van der Waals surface area contributed by atoms with Crippen LogP contribution < -0.4 is 10.2 Å². The van der Waals surface area contributed by atoms with Gasteiger partial charge in [0.25, 0.3) is 5.91 Å². The van der Waals surface area contributed by atoms with Gasteiger partial charge in [-0.15, -0.1) is 0 Å². The minimum absolute atomic E-state index is 0.241. The molecule has 4 rings (SSSR count). The minimum atomic E-state index is -0.241. The van der Waals surface area contributed by atoms with Crippen LogP contribution in [0, 0.1) is 6.92 Å². The minimum Gasteiger partial charge on any atom is -0.489 e. The van der Waals surface area contributed by atoms with Crippen LogP contribution >= 0.6 is 0 Å². The van der Waals surface area contributed by atoms with Gasteiger partial charge in [0.2, 0.25) is 0 Å². The van der Waals surface area contributed by atoms with Crippen LogP contribution in [0.15, 0.2) is 96.1 Å². The molecular weight excluding hydrogens is 372 g/mol. The van der Waals surface area contributed by atoms with E-state index in [0.29, 0.717) is 12.2 Å². The number of rotatable bonds is 6. The molecule has 0 spiro atoms. The van der Waals surface area contributed by atoms with Crippen LogP contribution in [0.1, 0.15) is 27.0 Å². The van der Waals surface area contributed by atoms with Gasteiger partial charge < -0.3 is 4.74 Å². The molecule has 0 aliphatic carbocycles. The third-order valence-electron chi connectivity index (χ3n) is 4.80. The molecule has 0 aliphatic rings. The lowest BCUT2D eigenvalue weighted by molar-refractivity contribution is 0.0957. The molecule has 4 heteroatoms. The Bertz CT molecular complexity index is 1190. The van der Waals surface area contributed by atoms with E-state index < -0.39 is 0 Å². The smallest absolute Gasteiger partial charge is 0.271 e. The molecule has 0 saturated heterocycles. The predicted molar refractivity (Wildman–Crippen MR) is 121 cm³/mol. The molecule has 0 aromatic heterocycles. The Morgan fingerprint density at radius 2 is 1.70 bits per heavy atom. The third kappa shape index (κ3) is 4.73. The lowest BCUT2D eigenvalue weighted by Crippen LogP contribution is -2.17. The Hall–Kier alpha value is -3.92. The van der Waals surface area contributed by atoms with Crippen LogP contribution in [0.4, 0.5) is 0 Å². The Balaban J connectivity index is 1.39. The quantitative estimate of drug-likeness (QED) is 0.347. The zero-order valence-corrected chi connectivity index (χ0v) is 16.7. The second-order valence-electron chi connectivity index (χ2n) is 7.07. The van der Waals surface area contributed by atoms with Crippen molar-refractivity contribution in [1.29, 1.82) is 0 Å². The topological polar surface area (TPSA) is 50.7 Å². The molecule has 0 aliphatic heterocycles. The van der Waals surface area contributed by atoms with E-state index >= 15 is 0 Å². The van der Waals surface area contributed by atoms with Gasteiger partial charge in [-0.1, -0.05) is 78.4 Å². The zero-order valence-electron chi connectivity index (χ0n) is 16.7. The summed E-state index contributed by atoms with van der Waals surface area (Å²) in [6.45, 7) is 2.56. The van der Waals surface area contributed by atoms with E-state index in [1.165, 1.54) is 5.56 Å². The van der Waals surface area contributed by atoms with Gasteiger partial charge in [-0.05, 0) is 47.0 Å². The molecule has 0 saturated carbocycles. The summed E-state index contributed by atoms with van der Waals surface area (Å²) >= 11 is 0. The molecule has 0 atom stereocenters. The number of carbonyl (C=O) groups excluding carboxylic acids is 1. The standard InChI is InChI=1S/C26H22N2O2/c1-19-12-14-20(15-13-19)18-30-23-9-4-6-21(16-23)17-27-28-26(29)25-11-5-8-22-7-2-3-10-24(22)25/h2-17H,18H2,1H3,(H,28,29)/b27-17-. The van der Waals surface area contributed by atoms with Gasteiger partial charge in [0.05, 0.1) is 6.21 Å². The Kier molecular flexibility index (Phi) is 5.85. The van der Waals surface area contributed by atoms with E-state index in [1.54, 1.807) is 12.3 Å². The normalized spacial score (nSPS) is 11.0. The fraction of sp³-hybridized carbons (Fsp3) is 0.0769. The summed E-state index contributed by atoms with van der Waals surface area (Å²) in [6.07, 6.45) is 1.61. The average Bonchev–Trinajstić information content (AvgIpc) is 2.78. The molecule has 0 fully saturated rings. The second kappa shape index (κ2) is 9.05. The molecule has 0 bridgehead atoms. The van der Waals surface area contributed by atoms with Gasteiger partial charge in [0, 0.05) is 5.56 Å². The SMILES string of the molecule is Cc1ccc(COc2cccc(/C=N\NC(=O)c3cccc4ccccc34)c2)cc1. The van der Waals surface area contributed by atoms with Gasteiger partial charge >= 0.3 is 0 Å². The van der Waals surface area contributed by atoms with Gasteiger partial charge in [0.1, 0.15) is 12.4 Å². The van der Waals surface area contributed by atoms with Crippen molar-refractivity contribution in [2.24, 2.45) is 5.10 Å². The molecule has 148 valence electrons. The van der Waals surface area contributed by atoms with Crippen LogP contribution in [0.5, 0.6) is 5.75 Å². The van der Waals surface area contributed by atoms with Gasteiger partial charge in [-0.2, -0.15) is 5.10 Å². The highest BCUT2D eigenvalue weighted by Crippen LogP contribution is 2.18. The van der Waals surface area contributed by atoms with Crippen molar-refractivity contribution in [3.63, 3.8) is 0 Å². The number of carbonyl (C=O) groups is 1. The highest BCUT2D eigenvalue weighted by Gasteiger charge is 2.08. The fourth-order valence-electron chi connectivity index (χ4n) is 3.18. The number of ether oxygens (including phenoxy) is 1. The fourth-order valence-corrected chi connectivity index (χ4v) is 3.18. The van der Waals surface area contributed by atoms with Crippen molar-refractivity contribution in [3.05, 3.63) is 113 Å². The van der Waals surface area contributed by atoms with Gasteiger partial charge in [0.15, 0.2) is 0 Å². The Morgan fingerprint density at radius 1 is 0.933 bits per heavy atom. The zero-order chi connectivity index (χ0) is 20.8. The van der Waals surface area contributed by atoms with Crippen LogP contribution in [0.2, 0.25) is 0 Å². The Labute approximate surface area is 175 Å². The second-order valence-corrected chi connectivity index (χ2v) is 7.07. The number of hydrogen-bond donors (Lipinski definition) is 1. The first kappa shape index (κ1) is 19.4. The summed E-state index contributed by atoms with van der Waals surface area (Å²) in [6, 6.07) is 29.3. The first-order valence-electron chi connectivity index (χ1n) is 9.79. The number of aryl methyl sites for hydroxylation is 1. The summed E-state index contributed by atoms with van der Waals surface area (Å²) in [5.41, 5.74) is 6.39. The molecular formula is C26H22N2O2. The first-order valence-corrected chi connectivity index (χ1v) is 9.79. The van der Waals surface area contributed by atoms with E-state index in [-0.39, 0.29) is 5.91 Å². The predicted octanol–water partition coefficient (Wildman–Crippen LogP) is 5.49. The van der Waals surface area contributed by atoms with Crippen LogP contribution in [-0.4, -0.2) is 12.1 Å². The lowest BCUT2D eigenvalue weighted by atomic mass is 10.0. The molecule has 0 heterocycles. The van der Waals surface area contributed by atoms with Crippen molar-refractivity contribution in [1.82, 2.24) is 5.43 Å². The summed E-state index contributed by atoms with van der Waals surface area (Å²) in [5, 5.41) is 6.04. The number of nitrogens with one attached hydrogen (secondary N) is 1. The maximum atomic E-state index is 12.5. The Morgan fingerprint density at radius 3 is 2.57 bits per heavy atom. The van der Waals surface area contributed by atoms with Crippen molar-refractivity contribution in [3.8, 4) is 5.75 Å². The maximum Gasteiger partial charge on any atom is 0.271 e. The molecule has 0 unspecified atom stereocenters. The van der Waals surface area contributed by atoms with Crippen LogP contribution in [0.25, 0.3) is 10.8 Å².